The van der Waals surface area contributed by atoms with Gasteiger partial charge in [-0.25, -0.2) is 8.78 Å². The quantitative estimate of drug-likeness (QED) is 0.491. The van der Waals surface area contributed by atoms with Crippen LogP contribution in [0.5, 0.6) is 0 Å². The highest BCUT2D eigenvalue weighted by Crippen LogP contribution is 2.50. The minimum Gasteiger partial charge on any atom is -0.389 e. The van der Waals surface area contributed by atoms with E-state index in [1.807, 2.05) is 6.92 Å². The molecule has 2 amide bonds. The maximum Gasteiger partial charge on any atom is 0.256 e. The normalized spacial score (nSPS) is 20.6. The lowest BCUT2D eigenvalue weighted by molar-refractivity contribution is -0.128. The number of nitrogens with two attached hydrogens (primary N) is 1. The van der Waals surface area contributed by atoms with Gasteiger partial charge in [0, 0.05) is 49.6 Å². The number of fused-ring (bicyclic) bond motifs is 2. The Morgan fingerprint density at radius 3 is 2.74 bits per heavy atom. The lowest BCUT2D eigenvalue weighted by Gasteiger charge is -2.43. The molecule has 0 saturated carbocycles. The molecular weight excluding hydrogens is 508 g/mol. The van der Waals surface area contributed by atoms with Gasteiger partial charge >= 0.3 is 0 Å². The molecule has 2 N–H and O–H groups in total. The number of anilines is 2. The molecule has 1 fully saturated rings. The van der Waals surface area contributed by atoms with Crippen molar-refractivity contribution >= 4 is 43.9 Å². The van der Waals surface area contributed by atoms with Gasteiger partial charge in [0.2, 0.25) is 5.91 Å². The largest absolute Gasteiger partial charge is 0.389 e. The molecule has 3 aliphatic heterocycles. The number of nitrogen functional groups attached to an aromatic ring is 1. The Hall–Kier alpha value is -3.97. The number of piperazine rings is 1. The first-order valence-electron chi connectivity index (χ1n) is 12.5. The van der Waals surface area contributed by atoms with Gasteiger partial charge < -0.3 is 20.4 Å². The number of hydrogen-bond acceptors (Lipinski definition) is 6. The first kappa shape index (κ1) is 24.4. The van der Waals surface area contributed by atoms with Crippen molar-refractivity contribution in [2.75, 3.05) is 43.4 Å². The van der Waals surface area contributed by atoms with Crippen LogP contribution in [-0.4, -0.2) is 60.4 Å². The van der Waals surface area contributed by atoms with E-state index in [1.165, 1.54) is 24.3 Å². The molecule has 4 heterocycles. The minimum atomic E-state index is -0.597. The second-order valence-electron chi connectivity index (χ2n) is 10.1. The molecule has 2 unspecified atom stereocenters. The number of benzene rings is 2. The van der Waals surface area contributed by atoms with Crippen molar-refractivity contribution in [3.63, 3.8) is 0 Å². The number of amides is 2. The molecule has 0 aliphatic carbocycles. The topological polar surface area (TPSA) is 93.7 Å². The number of nitrogens with zero attached hydrogens (tertiary/aromatic N) is 4. The van der Waals surface area contributed by atoms with Gasteiger partial charge in [-0.15, -0.1) is 11.3 Å². The lowest BCUT2D eigenvalue weighted by atomic mass is 9.87. The van der Waals surface area contributed by atoms with Gasteiger partial charge in [-0.2, -0.15) is 5.26 Å². The van der Waals surface area contributed by atoms with E-state index < -0.39 is 11.6 Å². The number of hydrogen-bond donors (Lipinski definition) is 1. The molecule has 2 aromatic carbocycles. The lowest BCUT2D eigenvalue weighted by Crippen LogP contribution is -2.57. The van der Waals surface area contributed by atoms with Crippen LogP contribution in [0.25, 0.3) is 21.2 Å². The van der Waals surface area contributed by atoms with Crippen LogP contribution in [-0.2, 0) is 4.79 Å². The fourth-order valence-electron chi connectivity index (χ4n) is 6.30. The highest BCUT2D eigenvalue weighted by atomic mass is 32.1. The fourth-order valence-corrected chi connectivity index (χ4v) is 7.25. The van der Waals surface area contributed by atoms with Crippen molar-refractivity contribution in [1.29, 1.82) is 5.26 Å². The summed E-state index contributed by atoms with van der Waals surface area (Å²) in [5, 5.41) is 10.3. The van der Waals surface area contributed by atoms with Crippen LogP contribution in [0, 0.1) is 23.0 Å². The first-order valence-corrected chi connectivity index (χ1v) is 13.3. The third kappa shape index (κ3) is 3.42. The van der Waals surface area contributed by atoms with Gasteiger partial charge in [-0.3, -0.25) is 9.59 Å². The van der Waals surface area contributed by atoms with Crippen molar-refractivity contribution in [3.05, 3.63) is 59.2 Å². The van der Waals surface area contributed by atoms with Crippen LogP contribution in [0.2, 0.25) is 0 Å². The summed E-state index contributed by atoms with van der Waals surface area (Å²) in [6.07, 6.45) is 1.94. The maximum atomic E-state index is 16.2. The van der Waals surface area contributed by atoms with Crippen molar-refractivity contribution < 1.29 is 18.4 Å². The summed E-state index contributed by atoms with van der Waals surface area (Å²) in [5.41, 5.74) is 8.53. The SMILES string of the molecule is C=CC(=O)N1CCN2C(=O)c3cc(F)c(-c4ccc(F)c5sc(N)c(C#N)c45)c4c3N(CCC2C1)CC4C. The van der Waals surface area contributed by atoms with Gasteiger partial charge in [-0.1, -0.05) is 19.6 Å². The molecule has 1 aromatic heterocycles. The Morgan fingerprint density at radius 1 is 1.21 bits per heavy atom. The third-order valence-electron chi connectivity index (χ3n) is 7.98. The van der Waals surface area contributed by atoms with Crippen molar-refractivity contribution in [1.82, 2.24) is 9.80 Å². The van der Waals surface area contributed by atoms with E-state index >= 15 is 4.39 Å². The van der Waals surface area contributed by atoms with E-state index in [-0.39, 0.29) is 44.6 Å². The van der Waals surface area contributed by atoms with E-state index in [9.17, 15) is 19.2 Å². The molecule has 2 atom stereocenters. The predicted molar refractivity (Wildman–Crippen MR) is 143 cm³/mol. The summed E-state index contributed by atoms with van der Waals surface area (Å²) in [4.78, 5) is 31.7. The third-order valence-corrected chi connectivity index (χ3v) is 9.01. The van der Waals surface area contributed by atoms with Gasteiger partial charge in [0.1, 0.15) is 22.7 Å². The number of halogens is 2. The van der Waals surface area contributed by atoms with Gasteiger partial charge in [-0.05, 0) is 35.8 Å². The highest BCUT2D eigenvalue weighted by molar-refractivity contribution is 7.23. The van der Waals surface area contributed by atoms with Crippen LogP contribution >= 0.6 is 11.3 Å². The highest BCUT2D eigenvalue weighted by Gasteiger charge is 2.41. The molecule has 10 heteroatoms. The number of carbonyl (C=O) groups is 2. The predicted octanol–water partition coefficient (Wildman–Crippen LogP) is 4.47. The second kappa shape index (κ2) is 8.81. The van der Waals surface area contributed by atoms with Gasteiger partial charge in [0.15, 0.2) is 0 Å². The van der Waals surface area contributed by atoms with E-state index in [2.05, 4.69) is 17.5 Å². The van der Waals surface area contributed by atoms with E-state index in [0.717, 1.165) is 11.3 Å². The van der Waals surface area contributed by atoms with E-state index in [0.29, 0.717) is 66.9 Å². The zero-order valence-corrected chi connectivity index (χ0v) is 21.6. The van der Waals surface area contributed by atoms with E-state index in [1.54, 1.807) is 9.80 Å². The summed E-state index contributed by atoms with van der Waals surface area (Å²) in [5.74, 6) is -1.65. The molecule has 3 aliphatic rings. The Kier molecular flexibility index (Phi) is 5.65. The summed E-state index contributed by atoms with van der Waals surface area (Å²) >= 11 is 0.973. The van der Waals surface area contributed by atoms with Crippen LogP contribution in [0.1, 0.15) is 40.7 Å². The zero-order chi connectivity index (χ0) is 26.9. The first-order chi connectivity index (χ1) is 18.2. The van der Waals surface area contributed by atoms with Crippen LogP contribution in [0.4, 0.5) is 19.5 Å². The van der Waals surface area contributed by atoms with Crippen LogP contribution in [0.3, 0.4) is 0 Å². The Bertz CT molecular complexity index is 1590. The number of thiophene rings is 1. The summed E-state index contributed by atoms with van der Waals surface area (Å²) in [7, 11) is 0. The molecule has 194 valence electrons. The summed E-state index contributed by atoms with van der Waals surface area (Å²) in [6.45, 7) is 7.94. The molecule has 0 spiro atoms. The molecule has 3 aromatic rings. The average Bonchev–Trinajstić information content (AvgIpc) is 3.42. The second-order valence-corrected chi connectivity index (χ2v) is 11.1. The monoisotopic (exact) mass is 533 g/mol. The van der Waals surface area contributed by atoms with Gasteiger partial charge in [0.05, 0.1) is 27.6 Å². The van der Waals surface area contributed by atoms with Crippen molar-refractivity contribution in [3.8, 4) is 17.2 Å². The number of rotatable bonds is 2. The Balaban J connectivity index is 1.53. The van der Waals surface area contributed by atoms with Crippen LogP contribution < -0.4 is 10.6 Å². The Morgan fingerprint density at radius 2 is 2.00 bits per heavy atom. The smallest absolute Gasteiger partial charge is 0.256 e. The maximum absolute atomic E-state index is 16.2. The summed E-state index contributed by atoms with van der Waals surface area (Å²) < 4.78 is 31.1. The van der Waals surface area contributed by atoms with E-state index in [4.69, 9.17) is 5.73 Å². The van der Waals surface area contributed by atoms with Gasteiger partial charge in [0.25, 0.3) is 5.91 Å². The number of carbonyl (C=O) groups excluding carboxylic acids is 2. The minimum absolute atomic E-state index is 0.113. The number of nitriles is 1. The molecule has 7 nitrogen and oxygen atoms in total. The zero-order valence-electron chi connectivity index (χ0n) is 20.8. The Labute approximate surface area is 222 Å². The van der Waals surface area contributed by atoms with Crippen molar-refractivity contribution in [2.24, 2.45) is 0 Å². The molecule has 6 rings (SSSR count). The standard InChI is InChI=1S/C28H25F2N5O2S/c1-3-21(36)33-8-9-35-15(13-33)6-7-34-12-14(2)22-24(20(30)10-17(25(22)34)28(35)37)16-4-5-19(29)26-23(16)18(11-31)27(32)38-26/h3-5,10,14-15H,1,6-9,12-13,32H2,2H3. The van der Waals surface area contributed by atoms with Crippen LogP contribution in [0.15, 0.2) is 30.9 Å². The molecule has 0 bridgehead atoms. The molecular formula is C28H25F2N5O2S. The average molecular weight is 534 g/mol. The summed E-state index contributed by atoms with van der Waals surface area (Å²) in [6, 6.07) is 5.93. The van der Waals surface area contributed by atoms with Crippen molar-refractivity contribution in [2.45, 2.75) is 25.3 Å². The molecule has 1 saturated heterocycles. The molecule has 38 heavy (non-hydrogen) atoms. The molecule has 0 radical (unpaired) electrons. The fraction of sp³-hybridized carbons (Fsp3) is 0.321.